The molecule has 1 aromatic rings. The number of hydrogen-bond acceptors (Lipinski definition) is 2. The minimum absolute atomic E-state index is 0.0277. The van der Waals surface area contributed by atoms with Gasteiger partial charge in [-0.05, 0) is 5.56 Å². The Morgan fingerprint density at radius 2 is 2.07 bits per heavy atom. The zero-order valence-corrected chi connectivity index (χ0v) is 8.89. The molecule has 1 heterocycles. The summed E-state index contributed by atoms with van der Waals surface area (Å²) < 4.78 is 0. The SMILES string of the molecule is CN1CC(C(N)c2ccccc2)CC1=O. The molecule has 2 atom stereocenters. The number of hydrogen-bond donors (Lipinski definition) is 1. The van der Waals surface area contributed by atoms with Crippen molar-refractivity contribution in [1.82, 2.24) is 4.90 Å². The number of carbonyl (C=O) groups is 1. The lowest BCUT2D eigenvalue weighted by Gasteiger charge is -2.18. The summed E-state index contributed by atoms with van der Waals surface area (Å²) in [6.45, 7) is 0.773. The van der Waals surface area contributed by atoms with Gasteiger partial charge in [0.1, 0.15) is 0 Å². The standard InChI is InChI=1S/C12H16N2O/c1-14-8-10(7-11(14)15)12(13)9-5-3-2-4-6-9/h2-6,10,12H,7-8,13H2,1H3. The van der Waals surface area contributed by atoms with Crippen LogP contribution in [0.25, 0.3) is 0 Å². The summed E-state index contributed by atoms with van der Waals surface area (Å²) in [5, 5.41) is 0. The molecule has 0 bridgehead atoms. The first-order valence-corrected chi connectivity index (χ1v) is 5.23. The molecule has 1 fully saturated rings. The van der Waals surface area contributed by atoms with Gasteiger partial charge in [0.15, 0.2) is 0 Å². The van der Waals surface area contributed by atoms with Gasteiger partial charge in [0, 0.05) is 32.0 Å². The predicted molar refractivity (Wildman–Crippen MR) is 59.1 cm³/mol. The average Bonchev–Trinajstić information content (AvgIpc) is 2.59. The van der Waals surface area contributed by atoms with Crippen molar-refractivity contribution in [3.63, 3.8) is 0 Å². The average molecular weight is 204 g/mol. The fourth-order valence-corrected chi connectivity index (χ4v) is 2.09. The highest BCUT2D eigenvalue weighted by Gasteiger charge is 2.31. The molecule has 80 valence electrons. The van der Waals surface area contributed by atoms with Crippen molar-refractivity contribution in [2.45, 2.75) is 12.5 Å². The number of amides is 1. The monoisotopic (exact) mass is 204 g/mol. The Hall–Kier alpha value is -1.35. The topological polar surface area (TPSA) is 46.3 Å². The first kappa shape index (κ1) is 10.2. The Bertz CT molecular complexity index is 350. The molecule has 15 heavy (non-hydrogen) atoms. The highest BCUT2D eigenvalue weighted by Crippen LogP contribution is 2.27. The van der Waals surface area contributed by atoms with E-state index < -0.39 is 0 Å². The summed E-state index contributed by atoms with van der Waals surface area (Å²) in [5.74, 6) is 0.455. The van der Waals surface area contributed by atoms with Crippen LogP contribution in [0.1, 0.15) is 18.0 Å². The van der Waals surface area contributed by atoms with E-state index in [-0.39, 0.29) is 17.9 Å². The van der Waals surface area contributed by atoms with Crippen molar-refractivity contribution in [3.05, 3.63) is 35.9 Å². The van der Waals surface area contributed by atoms with Gasteiger partial charge in [0.05, 0.1) is 0 Å². The van der Waals surface area contributed by atoms with Crippen LogP contribution >= 0.6 is 0 Å². The van der Waals surface area contributed by atoms with E-state index in [9.17, 15) is 4.79 Å². The minimum Gasteiger partial charge on any atom is -0.345 e. The lowest BCUT2D eigenvalue weighted by atomic mass is 9.93. The Morgan fingerprint density at radius 1 is 1.40 bits per heavy atom. The van der Waals surface area contributed by atoms with Crippen LogP contribution in [0.2, 0.25) is 0 Å². The molecule has 0 aliphatic carbocycles. The molecule has 3 heteroatoms. The highest BCUT2D eigenvalue weighted by molar-refractivity contribution is 5.78. The quantitative estimate of drug-likeness (QED) is 0.786. The highest BCUT2D eigenvalue weighted by atomic mass is 16.2. The summed E-state index contributed by atoms with van der Waals surface area (Å²) in [7, 11) is 1.83. The van der Waals surface area contributed by atoms with Crippen molar-refractivity contribution in [1.29, 1.82) is 0 Å². The van der Waals surface area contributed by atoms with Gasteiger partial charge in [-0.25, -0.2) is 0 Å². The van der Waals surface area contributed by atoms with E-state index in [1.807, 2.05) is 37.4 Å². The largest absolute Gasteiger partial charge is 0.345 e. The number of rotatable bonds is 2. The Kier molecular flexibility index (Phi) is 2.73. The second kappa shape index (κ2) is 4.03. The number of likely N-dealkylation sites (tertiary alicyclic amines) is 1. The van der Waals surface area contributed by atoms with Crippen LogP contribution in [0, 0.1) is 5.92 Å². The summed E-state index contributed by atoms with van der Waals surface area (Å²) in [5.41, 5.74) is 7.26. The molecule has 1 amide bonds. The van der Waals surface area contributed by atoms with Crippen molar-refractivity contribution in [2.24, 2.45) is 11.7 Å². The van der Waals surface area contributed by atoms with E-state index in [0.29, 0.717) is 6.42 Å². The Labute approximate surface area is 89.9 Å². The smallest absolute Gasteiger partial charge is 0.222 e. The number of nitrogens with two attached hydrogens (primary N) is 1. The van der Waals surface area contributed by atoms with E-state index in [1.54, 1.807) is 4.90 Å². The van der Waals surface area contributed by atoms with Crippen molar-refractivity contribution in [3.8, 4) is 0 Å². The molecular formula is C12H16N2O. The molecule has 2 rings (SSSR count). The molecule has 0 saturated carbocycles. The van der Waals surface area contributed by atoms with Crippen LogP contribution in [0.4, 0.5) is 0 Å². The second-order valence-corrected chi connectivity index (χ2v) is 4.17. The molecule has 0 radical (unpaired) electrons. The Balaban J connectivity index is 2.10. The van der Waals surface area contributed by atoms with Gasteiger partial charge in [-0.15, -0.1) is 0 Å². The van der Waals surface area contributed by atoms with Crippen molar-refractivity contribution < 1.29 is 4.79 Å². The minimum atomic E-state index is -0.0277. The Morgan fingerprint density at radius 3 is 2.60 bits per heavy atom. The maximum atomic E-state index is 11.4. The summed E-state index contributed by atoms with van der Waals surface area (Å²) in [6.07, 6.45) is 0.576. The van der Waals surface area contributed by atoms with Crippen LogP contribution in [0.15, 0.2) is 30.3 Å². The maximum absolute atomic E-state index is 11.4. The van der Waals surface area contributed by atoms with Gasteiger partial charge in [-0.3, -0.25) is 4.79 Å². The molecule has 0 aromatic heterocycles. The zero-order chi connectivity index (χ0) is 10.8. The lowest BCUT2D eigenvalue weighted by Crippen LogP contribution is -2.24. The van der Waals surface area contributed by atoms with E-state index in [1.165, 1.54) is 0 Å². The molecule has 1 aliphatic rings. The van der Waals surface area contributed by atoms with Crippen LogP contribution in [0.5, 0.6) is 0 Å². The fourth-order valence-electron chi connectivity index (χ4n) is 2.09. The molecule has 1 saturated heterocycles. The molecule has 2 unspecified atom stereocenters. The van der Waals surface area contributed by atoms with Gasteiger partial charge in [-0.2, -0.15) is 0 Å². The molecular weight excluding hydrogens is 188 g/mol. The van der Waals surface area contributed by atoms with Gasteiger partial charge >= 0.3 is 0 Å². The van der Waals surface area contributed by atoms with Gasteiger partial charge < -0.3 is 10.6 Å². The second-order valence-electron chi connectivity index (χ2n) is 4.17. The number of benzene rings is 1. The van der Waals surface area contributed by atoms with Crippen LogP contribution in [-0.4, -0.2) is 24.4 Å². The normalized spacial score (nSPS) is 23.2. The molecule has 1 aromatic carbocycles. The number of carbonyl (C=O) groups excluding carboxylic acids is 1. The fraction of sp³-hybridized carbons (Fsp3) is 0.417. The molecule has 0 spiro atoms. The summed E-state index contributed by atoms with van der Waals surface area (Å²) in [6, 6.07) is 9.95. The third-order valence-electron chi connectivity index (χ3n) is 3.06. The first-order chi connectivity index (χ1) is 7.18. The van der Waals surface area contributed by atoms with Gasteiger partial charge in [-0.1, -0.05) is 30.3 Å². The molecule has 3 nitrogen and oxygen atoms in total. The summed E-state index contributed by atoms with van der Waals surface area (Å²) in [4.78, 5) is 13.1. The van der Waals surface area contributed by atoms with Crippen LogP contribution < -0.4 is 5.73 Å². The predicted octanol–water partition coefficient (Wildman–Crippen LogP) is 1.16. The van der Waals surface area contributed by atoms with Gasteiger partial charge in [0.25, 0.3) is 0 Å². The summed E-state index contributed by atoms with van der Waals surface area (Å²) >= 11 is 0. The first-order valence-electron chi connectivity index (χ1n) is 5.23. The van der Waals surface area contributed by atoms with E-state index >= 15 is 0 Å². The van der Waals surface area contributed by atoms with E-state index in [4.69, 9.17) is 5.73 Å². The third-order valence-corrected chi connectivity index (χ3v) is 3.06. The molecule has 2 N–H and O–H groups in total. The zero-order valence-electron chi connectivity index (χ0n) is 8.89. The van der Waals surface area contributed by atoms with Crippen molar-refractivity contribution >= 4 is 5.91 Å². The number of nitrogens with zero attached hydrogens (tertiary/aromatic N) is 1. The van der Waals surface area contributed by atoms with Crippen LogP contribution in [0.3, 0.4) is 0 Å². The molecule has 1 aliphatic heterocycles. The van der Waals surface area contributed by atoms with Crippen LogP contribution in [-0.2, 0) is 4.79 Å². The third kappa shape index (κ3) is 2.02. The van der Waals surface area contributed by atoms with Crippen molar-refractivity contribution in [2.75, 3.05) is 13.6 Å². The lowest BCUT2D eigenvalue weighted by molar-refractivity contribution is -0.126. The van der Waals surface area contributed by atoms with E-state index in [2.05, 4.69) is 0 Å². The van der Waals surface area contributed by atoms with E-state index in [0.717, 1.165) is 12.1 Å². The van der Waals surface area contributed by atoms with Gasteiger partial charge in [0.2, 0.25) is 5.91 Å². The maximum Gasteiger partial charge on any atom is 0.222 e.